The van der Waals surface area contributed by atoms with Crippen LogP contribution in [0.25, 0.3) is 0 Å². The lowest BCUT2D eigenvalue weighted by molar-refractivity contribution is 0.155. The van der Waals surface area contributed by atoms with E-state index in [1.165, 1.54) is 12.0 Å². The van der Waals surface area contributed by atoms with Crippen LogP contribution in [0.5, 0.6) is 0 Å². The first-order valence-corrected chi connectivity index (χ1v) is 8.48. The molecule has 4 heteroatoms. The summed E-state index contributed by atoms with van der Waals surface area (Å²) in [5.74, 6) is 1.76. The van der Waals surface area contributed by atoms with Gasteiger partial charge in [0.2, 0.25) is 0 Å². The molecule has 4 nitrogen and oxygen atoms in total. The topological polar surface area (TPSA) is 36.9 Å². The summed E-state index contributed by atoms with van der Waals surface area (Å²) in [7, 11) is 0. The highest BCUT2D eigenvalue weighted by Crippen LogP contribution is 2.20. The van der Waals surface area contributed by atoms with Gasteiger partial charge in [-0.2, -0.15) is 0 Å². The SMILES string of the molecule is CCNC(=NCCOCC)N1CCC(Cc2ccccc2)C1. The van der Waals surface area contributed by atoms with Gasteiger partial charge in [-0.15, -0.1) is 0 Å². The number of hydrogen-bond donors (Lipinski definition) is 1. The third kappa shape index (κ3) is 5.34. The molecule has 0 amide bonds. The van der Waals surface area contributed by atoms with Gasteiger partial charge >= 0.3 is 0 Å². The summed E-state index contributed by atoms with van der Waals surface area (Å²) < 4.78 is 5.37. The van der Waals surface area contributed by atoms with Crippen LogP contribution in [0.1, 0.15) is 25.8 Å². The van der Waals surface area contributed by atoms with Crippen LogP contribution in [-0.2, 0) is 11.2 Å². The molecule has 1 fully saturated rings. The molecule has 1 N–H and O–H groups in total. The van der Waals surface area contributed by atoms with Gasteiger partial charge in [-0.25, -0.2) is 0 Å². The molecule has 0 aromatic heterocycles. The smallest absolute Gasteiger partial charge is 0.194 e. The lowest BCUT2D eigenvalue weighted by Crippen LogP contribution is -2.40. The van der Waals surface area contributed by atoms with Gasteiger partial charge in [0.1, 0.15) is 0 Å². The van der Waals surface area contributed by atoms with Crippen molar-refractivity contribution in [3.05, 3.63) is 35.9 Å². The fourth-order valence-corrected chi connectivity index (χ4v) is 2.93. The van der Waals surface area contributed by atoms with Gasteiger partial charge in [0.05, 0.1) is 13.2 Å². The maximum atomic E-state index is 5.37. The van der Waals surface area contributed by atoms with Crippen LogP contribution in [0, 0.1) is 5.92 Å². The van der Waals surface area contributed by atoms with E-state index in [9.17, 15) is 0 Å². The maximum Gasteiger partial charge on any atom is 0.194 e. The summed E-state index contributed by atoms with van der Waals surface area (Å²) in [5.41, 5.74) is 1.44. The highest BCUT2D eigenvalue weighted by atomic mass is 16.5. The molecule has 1 atom stereocenters. The van der Waals surface area contributed by atoms with E-state index >= 15 is 0 Å². The van der Waals surface area contributed by atoms with Crippen LogP contribution in [-0.4, -0.2) is 50.3 Å². The molecule has 22 heavy (non-hydrogen) atoms. The molecule has 0 spiro atoms. The van der Waals surface area contributed by atoms with E-state index in [1.807, 2.05) is 6.92 Å². The third-order valence-corrected chi connectivity index (χ3v) is 3.99. The number of aliphatic imine (C=N–C) groups is 1. The molecule has 0 radical (unpaired) electrons. The Morgan fingerprint density at radius 2 is 2.14 bits per heavy atom. The van der Waals surface area contributed by atoms with Crippen molar-refractivity contribution in [3.63, 3.8) is 0 Å². The van der Waals surface area contributed by atoms with Crippen LogP contribution in [0.2, 0.25) is 0 Å². The number of guanidine groups is 1. The number of likely N-dealkylation sites (tertiary alicyclic amines) is 1. The molecule has 0 saturated carbocycles. The summed E-state index contributed by atoms with van der Waals surface area (Å²) in [5, 5.41) is 3.41. The van der Waals surface area contributed by atoms with Crippen molar-refractivity contribution in [1.29, 1.82) is 0 Å². The Labute approximate surface area is 134 Å². The zero-order valence-corrected chi connectivity index (χ0v) is 13.9. The number of nitrogens with zero attached hydrogens (tertiary/aromatic N) is 2. The second-order valence-corrected chi connectivity index (χ2v) is 5.72. The summed E-state index contributed by atoms with van der Waals surface area (Å²) in [6, 6.07) is 10.8. The summed E-state index contributed by atoms with van der Waals surface area (Å²) in [6.07, 6.45) is 2.40. The van der Waals surface area contributed by atoms with E-state index in [2.05, 4.69) is 52.5 Å². The molecular formula is C18H29N3O. The molecule has 1 aliphatic heterocycles. The Bertz CT molecular complexity index is 447. The van der Waals surface area contributed by atoms with Crippen molar-refractivity contribution in [2.75, 3.05) is 39.4 Å². The standard InChI is InChI=1S/C18H29N3O/c1-3-19-18(20-11-13-22-4-2)21-12-10-17(15-21)14-16-8-6-5-7-9-16/h5-9,17H,3-4,10-15H2,1-2H3,(H,19,20). The Morgan fingerprint density at radius 1 is 1.32 bits per heavy atom. The number of ether oxygens (including phenoxy) is 1. The second-order valence-electron chi connectivity index (χ2n) is 5.72. The van der Waals surface area contributed by atoms with Gasteiger partial charge in [-0.05, 0) is 38.2 Å². The van der Waals surface area contributed by atoms with E-state index in [4.69, 9.17) is 4.74 Å². The number of benzene rings is 1. The third-order valence-electron chi connectivity index (χ3n) is 3.99. The molecule has 1 aliphatic rings. The molecule has 1 unspecified atom stereocenters. The van der Waals surface area contributed by atoms with Gasteiger partial charge < -0.3 is 15.0 Å². The van der Waals surface area contributed by atoms with Crippen LogP contribution >= 0.6 is 0 Å². The normalized spacial score (nSPS) is 18.7. The van der Waals surface area contributed by atoms with Gasteiger partial charge in [-0.3, -0.25) is 4.99 Å². The summed E-state index contributed by atoms with van der Waals surface area (Å²) in [4.78, 5) is 7.07. The minimum Gasteiger partial charge on any atom is -0.380 e. The molecule has 1 saturated heterocycles. The first-order valence-electron chi connectivity index (χ1n) is 8.48. The van der Waals surface area contributed by atoms with E-state index < -0.39 is 0 Å². The van der Waals surface area contributed by atoms with Crippen LogP contribution < -0.4 is 5.32 Å². The molecular weight excluding hydrogens is 274 g/mol. The fraction of sp³-hybridized carbons (Fsp3) is 0.611. The Morgan fingerprint density at radius 3 is 2.86 bits per heavy atom. The highest BCUT2D eigenvalue weighted by Gasteiger charge is 2.24. The Kier molecular flexibility index (Phi) is 7.23. The first-order chi connectivity index (χ1) is 10.8. The molecule has 122 valence electrons. The average molecular weight is 303 g/mol. The van der Waals surface area contributed by atoms with E-state index in [0.717, 1.165) is 51.1 Å². The summed E-state index contributed by atoms with van der Waals surface area (Å²) in [6.45, 7) is 9.43. The van der Waals surface area contributed by atoms with Gasteiger partial charge in [-0.1, -0.05) is 30.3 Å². The van der Waals surface area contributed by atoms with Crippen molar-refractivity contribution in [2.45, 2.75) is 26.7 Å². The molecule has 1 heterocycles. The fourth-order valence-electron chi connectivity index (χ4n) is 2.93. The second kappa shape index (κ2) is 9.46. The predicted molar refractivity (Wildman–Crippen MR) is 92.3 cm³/mol. The lowest BCUT2D eigenvalue weighted by Gasteiger charge is -2.21. The Balaban J connectivity index is 1.85. The molecule has 1 aromatic rings. The van der Waals surface area contributed by atoms with Crippen molar-refractivity contribution >= 4 is 5.96 Å². The van der Waals surface area contributed by atoms with Crippen molar-refractivity contribution in [3.8, 4) is 0 Å². The zero-order valence-electron chi connectivity index (χ0n) is 13.9. The van der Waals surface area contributed by atoms with Gasteiger partial charge in [0.15, 0.2) is 5.96 Å². The Hall–Kier alpha value is -1.55. The molecule has 2 rings (SSSR count). The maximum absolute atomic E-state index is 5.37. The number of hydrogen-bond acceptors (Lipinski definition) is 2. The minimum atomic E-state index is 0.701. The number of rotatable bonds is 7. The molecule has 0 bridgehead atoms. The quantitative estimate of drug-likeness (QED) is 0.478. The van der Waals surface area contributed by atoms with Gasteiger partial charge in [0, 0.05) is 26.2 Å². The van der Waals surface area contributed by atoms with E-state index in [0.29, 0.717) is 6.61 Å². The largest absolute Gasteiger partial charge is 0.380 e. The molecule has 0 aliphatic carbocycles. The zero-order chi connectivity index (χ0) is 15.6. The van der Waals surface area contributed by atoms with Crippen molar-refractivity contribution < 1.29 is 4.74 Å². The lowest BCUT2D eigenvalue weighted by atomic mass is 9.99. The van der Waals surface area contributed by atoms with Crippen molar-refractivity contribution in [2.24, 2.45) is 10.9 Å². The summed E-state index contributed by atoms with van der Waals surface area (Å²) >= 11 is 0. The van der Waals surface area contributed by atoms with Crippen LogP contribution in [0.15, 0.2) is 35.3 Å². The van der Waals surface area contributed by atoms with E-state index in [-0.39, 0.29) is 0 Å². The van der Waals surface area contributed by atoms with Crippen LogP contribution in [0.3, 0.4) is 0 Å². The van der Waals surface area contributed by atoms with E-state index in [1.54, 1.807) is 0 Å². The van der Waals surface area contributed by atoms with Gasteiger partial charge in [0.25, 0.3) is 0 Å². The highest BCUT2D eigenvalue weighted by molar-refractivity contribution is 5.80. The monoisotopic (exact) mass is 303 g/mol. The number of nitrogens with one attached hydrogen (secondary N) is 1. The average Bonchev–Trinajstić information content (AvgIpc) is 3.00. The first kappa shape index (κ1) is 16.8. The molecule has 1 aromatic carbocycles. The van der Waals surface area contributed by atoms with Crippen LogP contribution in [0.4, 0.5) is 0 Å². The van der Waals surface area contributed by atoms with Crippen molar-refractivity contribution in [1.82, 2.24) is 10.2 Å². The minimum absolute atomic E-state index is 0.701. The predicted octanol–water partition coefficient (Wildman–Crippen LogP) is 2.55.